The number of carbonyl (C=O) groups is 2. The van der Waals surface area contributed by atoms with Gasteiger partial charge in [-0.15, -0.1) is 0 Å². The number of nitriles is 1. The number of nitrogens with two attached hydrogens (primary N) is 1. The fraction of sp³-hybridized carbons (Fsp3) is 0.786. The molecule has 1 aliphatic heterocycles. The van der Waals surface area contributed by atoms with Gasteiger partial charge in [-0.05, 0) is 39.0 Å². The third-order valence-corrected chi connectivity index (χ3v) is 4.04. The van der Waals surface area contributed by atoms with Crippen LogP contribution in [-0.2, 0) is 9.59 Å². The fourth-order valence-corrected chi connectivity index (χ4v) is 2.84. The number of hydrogen-bond acceptors (Lipinski definition) is 4. The predicted molar refractivity (Wildman–Crippen MR) is 73.2 cm³/mol. The second kappa shape index (κ2) is 5.80. The number of hydrogen-bond donors (Lipinski definition) is 2. The highest BCUT2D eigenvalue weighted by molar-refractivity contribution is 5.87. The van der Waals surface area contributed by atoms with Gasteiger partial charge in [-0.3, -0.25) is 9.59 Å². The van der Waals surface area contributed by atoms with E-state index in [0.717, 1.165) is 12.8 Å². The maximum absolute atomic E-state index is 12.3. The summed E-state index contributed by atoms with van der Waals surface area (Å²) in [4.78, 5) is 25.7. The lowest BCUT2D eigenvalue weighted by molar-refractivity contribution is -0.133. The SMILES string of the molecule is CC(C)NC(=O)[C@@H]1C[C@@H]1[C@@H](N)C(=O)N1CCC[C@H]1C#N. The largest absolute Gasteiger partial charge is 0.354 e. The Labute approximate surface area is 119 Å². The molecule has 2 fully saturated rings. The van der Waals surface area contributed by atoms with Crippen molar-refractivity contribution in [3.8, 4) is 6.07 Å². The Hall–Kier alpha value is -1.61. The highest BCUT2D eigenvalue weighted by atomic mass is 16.2. The third-order valence-electron chi connectivity index (χ3n) is 4.04. The molecule has 0 radical (unpaired) electrons. The predicted octanol–water partition coefficient (Wildman–Crippen LogP) is -0.0110. The first-order valence-electron chi connectivity index (χ1n) is 7.21. The van der Waals surface area contributed by atoms with Crippen LogP contribution in [0, 0.1) is 23.2 Å². The molecule has 4 atom stereocenters. The van der Waals surface area contributed by atoms with Gasteiger partial charge < -0.3 is 16.0 Å². The molecule has 6 heteroatoms. The minimum atomic E-state index is -0.660. The van der Waals surface area contributed by atoms with Crippen molar-refractivity contribution in [3.63, 3.8) is 0 Å². The average molecular weight is 278 g/mol. The van der Waals surface area contributed by atoms with E-state index < -0.39 is 6.04 Å². The molecule has 2 amide bonds. The summed E-state index contributed by atoms with van der Waals surface area (Å²) >= 11 is 0. The van der Waals surface area contributed by atoms with E-state index in [1.807, 2.05) is 13.8 Å². The van der Waals surface area contributed by atoms with Crippen LogP contribution in [0.15, 0.2) is 0 Å². The van der Waals surface area contributed by atoms with E-state index in [0.29, 0.717) is 13.0 Å². The van der Waals surface area contributed by atoms with Gasteiger partial charge in [0.05, 0.1) is 12.1 Å². The lowest BCUT2D eigenvalue weighted by Gasteiger charge is -2.23. The molecule has 3 N–H and O–H groups in total. The Kier molecular flexibility index (Phi) is 4.29. The number of likely N-dealkylation sites (tertiary alicyclic amines) is 1. The maximum Gasteiger partial charge on any atom is 0.240 e. The van der Waals surface area contributed by atoms with Crippen molar-refractivity contribution in [1.29, 1.82) is 5.26 Å². The molecule has 1 aliphatic carbocycles. The monoisotopic (exact) mass is 278 g/mol. The van der Waals surface area contributed by atoms with Crippen molar-refractivity contribution in [3.05, 3.63) is 0 Å². The smallest absolute Gasteiger partial charge is 0.240 e. The summed E-state index contributed by atoms with van der Waals surface area (Å²) in [6, 6.07) is 1.22. The van der Waals surface area contributed by atoms with Gasteiger partial charge in [0, 0.05) is 18.5 Å². The summed E-state index contributed by atoms with van der Waals surface area (Å²) in [6.07, 6.45) is 2.23. The van der Waals surface area contributed by atoms with Crippen LogP contribution >= 0.6 is 0 Å². The van der Waals surface area contributed by atoms with Gasteiger partial charge in [0.2, 0.25) is 11.8 Å². The Morgan fingerprint density at radius 3 is 2.75 bits per heavy atom. The maximum atomic E-state index is 12.3. The summed E-state index contributed by atoms with van der Waals surface area (Å²) in [5, 5.41) is 11.9. The Bertz CT molecular complexity index is 443. The molecule has 0 bridgehead atoms. The first-order chi connectivity index (χ1) is 9.45. The second-order valence-corrected chi connectivity index (χ2v) is 6.01. The second-order valence-electron chi connectivity index (χ2n) is 6.01. The van der Waals surface area contributed by atoms with Gasteiger partial charge in [-0.1, -0.05) is 0 Å². The zero-order valence-electron chi connectivity index (χ0n) is 12.0. The van der Waals surface area contributed by atoms with E-state index in [1.165, 1.54) is 0 Å². The van der Waals surface area contributed by atoms with Crippen LogP contribution in [0.5, 0.6) is 0 Å². The summed E-state index contributed by atoms with van der Waals surface area (Å²) in [7, 11) is 0. The zero-order chi connectivity index (χ0) is 14.9. The molecule has 0 aromatic heterocycles. The highest BCUT2D eigenvalue weighted by Gasteiger charge is 2.50. The highest BCUT2D eigenvalue weighted by Crippen LogP contribution is 2.41. The first-order valence-corrected chi connectivity index (χ1v) is 7.21. The van der Waals surface area contributed by atoms with Crippen molar-refractivity contribution in [2.45, 2.75) is 51.2 Å². The summed E-state index contributed by atoms with van der Waals surface area (Å²) in [5.41, 5.74) is 6.00. The Morgan fingerprint density at radius 1 is 1.45 bits per heavy atom. The molecular weight excluding hydrogens is 256 g/mol. The Morgan fingerprint density at radius 2 is 2.15 bits per heavy atom. The van der Waals surface area contributed by atoms with E-state index in [2.05, 4.69) is 11.4 Å². The van der Waals surface area contributed by atoms with Crippen LogP contribution < -0.4 is 11.1 Å². The molecule has 1 saturated carbocycles. The lowest BCUT2D eigenvalue weighted by atomic mass is 10.1. The molecule has 6 nitrogen and oxygen atoms in total. The van der Waals surface area contributed by atoms with Crippen LogP contribution in [0.3, 0.4) is 0 Å². The van der Waals surface area contributed by atoms with Crippen LogP contribution in [0.25, 0.3) is 0 Å². The third kappa shape index (κ3) is 2.93. The van der Waals surface area contributed by atoms with Crippen molar-refractivity contribution in [2.75, 3.05) is 6.54 Å². The summed E-state index contributed by atoms with van der Waals surface area (Å²) in [5.74, 6) is -0.439. The van der Waals surface area contributed by atoms with Gasteiger partial charge in [0.25, 0.3) is 0 Å². The minimum absolute atomic E-state index is 0.0218. The number of carbonyl (C=O) groups excluding carboxylic acids is 2. The number of nitrogens with one attached hydrogen (secondary N) is 1. The van der Waals surface area contributed by atoms with Gasteiger partial charge in [0.1, 0.15) is 6.04 Å². The van der Waals surface area contributed by atoms with Crippen LogP contribution in [0.1, 0.15) is 33.1 Å². The van der Waals surface area contributed by atoms with E-state index in [9.17, 15) is 9.59 Å². The zero-order valence-corrected chi connectivity index (χ0v) is 12.0. The van der Waals surface area contributed by atoms with Crippen molar-refractivity contribution >= 4 is 11.8 Å². The van der Waals surface area contributed by atoms with Gasteiger partial charge in [-0.25, -0.2) is 0 Å². The minimum Gasteiger partial charge on any atom is -0.354 e. The molecule has 0 spiro atoms. The Balaban J connectivity index is 1.90. The number of nitrogens with zero attached hydrogens (tertiary/aromatic N) is 2. The first kappa shape index (κ1) is 14.8. The van der Waals surface area contributed by atoms with E-state index >= 15 is 0 Å². The molecule has 110 valence electrons. The molecule has 0 aromatic carbocycles. The topological polar surface area (TPSA) is 99.2 Å². The quantitative estimate of drug-likeness (QED) is 0.755. The van der Waals surface area contributed by atoms with Crippen LogP contribution in [0.2, 0.25) is 0 Å². The average Bonchev–Trinajstić information content (AvgIpc) is 3.06. The van der Waals surface area contributed by atoms with E-state index in [4.69, 9.17) is 11.0 Å². The number of rotatable bonds is 4. The molecule has 0 unspecified atom stereocenters. The summed E-state index contributed by atoms with van der Waals surface area (Å²) < 4.78 is 0. The molecule has 0 aromatic rings. The van der Waals surface area contributed by atoms with Gasteiger partial charge in [-0.2, -0.15) is 5.26 Å². The van der Waals surface area contributed by atoms with Crippen LogP contribution in [0.4, 0.5) is 0 Å². The standard InChI is InChI=1S/C14H22N4O2/c1-8(2)17-13(19)11-6-10(11)12(16)14(20)18-5-3-4-9(18)7-15/h8-12H,3-6,16H2,1-2H3,(H,17,19)/t9-,10-,11+,12+/m0/s1. The van der Waals surface area contributed by atoms with Crippen molar-refractivity contribution in [1.82, 2.24) is 10.2 Å². The molecular formula is C14H22N4O2. The number of amides is 2. The normalized spacial score (nSPS) is 29.9. The van der Waals surface area contributed by atoms with E-state index in [1.54, 1.807) is 4.90 Å². The van der Waals surface area contributed by atoms with Crippen molar-refractivity contribution in [2.24, 2.45) is 17.6 Å². The fourth-order valence-electron chi connectivity index (χ4n) is 2.84. The molecule has 20 heavy (non-hydrogen) atoms. The molecule has 1 heterocycles. The van der Waals surface area contributed by atoms with Crippen molar-refractivity contribution < 1.29 is 9.59 Å². The summed E-state index contributed by atoms with van der Waals surface area (Å²) in [6.45, 7) is 4.41. The lowest BCUT2D eigenvalue weighted by Crippen LogP contribution is -2.47. The molecule has 1 saturated heterocycles. The van der Waals surface area contributed by atoms with E-state index in [-0.39, 0.29) is 35.7 Å². The van der Waals surface area contributed by atoms with Gasteiger partial charge in [0.15, 0.2) is 0 Å². The van der Waals surface area contributed by atoms with Gasteiger partial charge >= 0.3 is 0 Å². The molecule has 2 aliphatic rings. The van der Waals surface area contributed by atoms with Crippen LogP contribution in [-0.4, -0.2) is 41.4 Å². The molecule has 2 rings (SSSR count).